The topological polar surface area (TPSA) is 37.3 Å². The fourth-order valence-electron chi connectivity index (χ4n) is 2.95. The van der Waals surface area contributed by atoms with Crippen LogP contribution in [-0.4, -0.2) is 11.1 Å². The van der Waals surface area contributed by atoms with Gasteiger partial charge < -0.3 is 5.11 Å². The van der Waals surface area contributed by atoms with Gasteiger partial charge in [-0.05, 0) is 51.4 Å². The van der Waals surface area contributed by atoms with Gasteiger partial charge in [0.1, 0.15) is 0 Å². The van der Waals surface area contributed by atoms with Crippen molar-refractivity contribution in [1.82, 2.24) is 0 Å². The summed E-state index contributed by atoms with van der Waals surface area (Å²) in [5.74, 6) is 0.172. The van der Waals surface area contributed by atoms with E-state index in [4.69, 9.17) is 0 Å². The Balaban J connectivity index is 2.57. The Morgan fingerprint density at radius 3 is 2.41 bits per heavy atom. The molecule has 0 radical (unpaired) electrons. The molecule has 0 aromatic rings. The fourth-order valence-corrected chi connectivity index (χ4v) is 2.95. The molecule has 2 nitrogen and oxygen atoms in total. The first kappa shape index (κ1) is 14.3. The summed E-state index contributed by atoms with van der Waals surface area (Å²) in [6, 6.07) is 0. The van der Waals surface area contributed by atoms with E-state index in [9.17, 15) is 9.90 Å². The average molecular weight is 238 g/mol. The largest absolute Gasteiger partial charge is 0.481 e. The Morgan fingerprint density at radius 1 is 1.41 bits per heavy atom. The second kappa shape index (κ2) is 6.23. The third kappa shape index (κ3) is 3.86. The molecule has 0 aromatic heterocycles. The average Bonchev–Trinajstić information content (AvgIpc) is 2.28. The zero-order valence-electron chi connectivity index (χ0n) is 11.3. The summed E-state index contributed by atoms with van der Waals surface area (Å²) in [6.07, 6.45) is 8.02. The van der Waals surface area contributed by atoms with Crippen LogP contribution in [0.1, 0.15) is 65.2 Å². The highest BCUT2D eigenvalue weighted by molar-refractivity contribution is 5.74. The summed E-state index contributed by atoms with van der Waals surface area (Å²) in [5, 5.41) is 9.49. The molecule has 0 atom stereocenters. The van der Waals surface area contributed by atoms with Crippen molar-refractivity contribution in [2.24, 2.45) is 11.3 Å². The molecule has 0 spiro atoms. The molecule has 1 rings (SSSR count). The number of hydrogen-bond donors (Lipinski definition) is 1. The number of carboxylic acid groups (broad SMARTS) is 1. The SMILES string of the molecule is C=C(C)CCC1(C(=O)O)CCC(CCC)CC1. The van der Waals surface area contributed by atoms with E-state index in [-0.39, 0.29) is 0 Å². The minimum Gasteiger partial charge on any atom is -0.481 e. The van der Waals surface area contributed by atoms with Gasteiger partial charge in [-0.25, -0.2) is 0 Å². The Bertz CT molecular complexity index is 273. The van der Waals surface area contributed by atoms with Crippen molar-refractivity contribution in [2.45, 2.75) is 65.2 Å². The van der Waals surface area contributed by atoms with Gasteiger partial charge in [0.25, 0.3) is 0 Å². The number of aliphatic carboxylic acids is 1. The molecule has 0 saturated heterocycles. The van der Waals surface area contributed by atoms with Gasteiger partial charge in [-0.3, -0.25) is 4.79 Å². The summed E-state index contributed by atoms with van der Waals surface area (Å²) >= 11 is 0. The predicted octanol–water partition coefficient (Wildman–Crippen LogP) is 4.40. The molecule has 1 saturated carbocycles. The van der Waals surface area contributed by atoms with Crippen molar-refractivity contribution in [2.75, 3.05) is 0 Å². The molecule has 1 fully saturated rings. The molecule has 0 amide bonds. The van der Waals surface area contributed by atoms with Gasteiger partial charge in [0.2, 0.25) is 0 Å². The van der Waals surface area contributed by atoms with Gasteiger partial charge in [-0.2, -0.15) is 0 Å². The predicted molar refractivity (Wildman–Crippen MR) is 71.0 cm³/mol. The normalized spacial score (nSPS) is 28.9. The molecule has 0 heterocycles. The molecule has 17 heavy (non-hydrogen) atoms. The van der Waals surface area contributed by atoms with E-state index in [2.05, 4.69) is 13.5 Å². The van der Waals surface area contributed by atoms with E-state index in [0.29, 0.717) is 0 Å². The highest BCUT2D eigenvalue weighted by Gasteiger charge is 2.41. The van der Waals surface area contributed by atoms with Gasteiger partial charge in [-0.15, -0.1) is 6.58 Å². The molecule has 0 unspecified atom stereocenters. The fraction of sp³-hybridized carbons (Fsp3) is 0.800. The maximum atomic E-state index is 11.5. The standard InChI is InChI=1S/C15H26O2/c1-4-5-13-7-10-15(11-8-13,14(16)17)9-6-12(2)3/h13H,2,4-11H2,1,3H3,(H,16,17). The zero-order valence-corrected chi connectivity index (χ0v) is 11.3. The van der Waals surface area contributed by atoms with Crippen molar-refractivity contribution < 1.29 is 9.90 Å². The van der Waals surface area contributed by atoms with Gasteiger partial charge in [-0.1, -0.05) is 25.3 Å². The van der Waals surface area contributed by atoms with Crippen molar-refractivity contribution in [3.63, 3.8) is 0 Å². The Morgan fingerprint density at radius 2 is 2.00 bits per heavy atom. The minimum absolute atomic E-state index is 0.455. The van der Waals surface area contributed by atoms with E-state index in [1.807, 2.05) is 6.92 Å². The van der Waals surface area contributed by atoms with E-state index in [0.717, 1.165) is 50.0 Å². The third-order valence-electron chi connectivity index (χ3n) is 4.24. The highest BCUT2D eigenvalue weighted by Crippen LogP contribution is 2.44. The van der Waals surface area contributed by atoms with Crippen molar-refractivity contribution in [3.8, 4) is 0 Å². The molecule has 0 aromatic carbocycles. The van der Waals surface area contributed by atoms with Gasteiger partial charge in [0.15, 0.2) is 0 Å². The first-order valence-electron chi connectivity index (χ1n) is 6.88. The summed E-state index contributed by atoms with van der Waals surface area (Å²) in [4.78, 5) is 11.5. The van der Waals surface area contributed by atoms with Crippen molar-refractivity contribution in [1.29, 1.82) is 0 Å². The summed E-state index contributed by atoms with van der Waals surface area (Å²) < 4.78 is 0. The van der Waals surface area contributed by atoms with E-state index >= 15 is 0 Å². The van der Waals surface area contributed by atoms with Crippen LogP contribution in [0.25, 0.3) is 0 Å². The number of rotatable bonds is 6. The van der Waals surface area contributed by atoms with Crippen LogP contribution in [0.4, 0.5) is 0 Å². The number of carboxylic acids is 1. The van der Waals surface area contributed by atoms with Crippen LogP contribution in [0.15, 0.2) is 12.2 Å². The lowest BCUT2D eigenvalue weighted by atomic mass is 9.67. The van der Waals surface area contributed by atoms with Crippen LogP contribution >= 0.6 is 0 Å². The quantitative estimate of drug-likeness (QED) is 0.696. The molecular formula is C15H26O2. The first-order valence-corrected chi connectivity index (χ1v) is 6.88. The summed E-state index contributed by atoms with van der Waals surface area (Å²) in [7, 11) is 0. The second-order valence-corrected chi connectivity index (χ2v) is 5.77. The third-order valence-corrected chi connectivity index (χ3v) is 4.24. The van der Waals surface area contributed by atoms with E-state index < -0.39 is 11.4 Å². The lowest BCUT2D eigenvalue weighted by molar-refractivity contribution is -0.152. The lowest BCUT2D eigenvalue weighted by Crippen LogP contribution is -2.35. The smallest absolute Gasteiger partial charge is 0.309 e. The zero-order chi connectivity index (χ0) is 12.9. The van der Waals surface area contributed by atoms with Gasteiger partial charge in [0, 0.05) is 0 Å². The maximum absolute atomic E-state index is 11.5. The summed E-state index contributed by atoms with van der Waals surface area (Å²) in [6.45, 7) is 8.07. The monoisotopic (exact) mass is 238 g/mol. The van der Waals surface area contributed by atoms with Crippen LogP contribution in [0.5, 0.6) is 0 Å². The molecule has 1 N–H and O–H groups in total. The van der Waals surface area contributed by atoms with Crippen molar-refractivity contribution in [3.05, 3.63) is 12.2 Å². The maximum Gasteiger partial charge on any atom is 0.309 e. The second-order valence-electron chi connectivity index (χ2n) is 5.77. The van der Waals surface area contributed by atoms with Crippen LogP contribution in [0.2, 0.25) is 0 Å². The van der Waals surface area contributed by atoms with E-state index in [1.54, 1.807) is 0 Å². The molecule has 98 valence electrons. The minimum atomic E-state index is -0.589. The molecule has 0 aliphatic heterocycles. The van der Waals surface area contributed by atoms with Crippen LogP contribution in [0, 0.1) is 11.3 Å². The van der Waals surface area contributed by atoms with E-state index in [1.165, 1.54) is 12.8 Å². The first-order chi connectivity index (χ1) is 8.00. The van der Waals surface area contributed by atoms with Crippen LogP contribution in [-0.2, 0) is 4.79 Å². The number of hydrogen-bond acceptors (Lipinski definition) is 1. The molecule has 1 aliphatic rings. The summed E-state index contributed by atoms with van der Waals surface area (Å²) in [5.41, 5.74) is 0.643. The van der Waals surface area contributed by atoms with Crippen LogP contribution < -0.4 is 0 Å². The number of carbonyl (C=O) groups is 1. The Labute approximate surface area is 105 Å². The molecule has 0 bridgehead atoms. The Kier molecular flexibility index (Phi) is 5.23. The highest BCUT2D eigenvalue weighted by atomic mass is 16.4. The van der Waals surface area contributed by atoms with Crippen molar-refractivity contribution >= 4 is 5.97 Å². The van der Waals surface area contributed by atoms with Gasteiger partial charge >= 0.3 is 5.97 Å². The number of allylic oxidation sites excluding steroid dienone is 1. The molecule has 2 heteroatoms. The van der Waals surface area contributed by atoms with Gasteiger partial charge in [0.05, 0.1) is 5.41 Å². The Hall–Kier alpha value is -0.790. The molecular weight excluding hydrogens is 212 g/mol. The van der Waals surface area contributed by atoms with Crippen LogP contribution in [0.3, 0.4) is 0 Å². The molecule has 1 aliphatic carbocycles. The lowest BCUT2D eigenvalue weighted by Gasteiger charge is -2.37.